The van der Waals surface area contributed by atoms with Gasteiger partial charge in [-0.15, -0.1) is 0 Å². The number of nitro benzene ring substituents is 1. The molecular weight excluding hydrogens is 356 g/mol. The van der Waals surface area contributed by atoms with E-state index in [4.69, 9.17) is 14.2 Å². The molecule has 0 aromatic heterocycles. The summed E-state index contributed by atoms with van der Waals surface area (Å²) < 4.78 is 15.4. The number of rotatable bonds is 9. The molecule has 0 spiro atoms. The largest absolute Gasteiger partial charge is 0.460 e. The second-order valence-electron chi connectivity index (χ2n) is 5.95. The van der Waals surface area contributed by atoms with Gasteiger partial charge in [0.1, 0.15) is 19.8 Å². The summed E-state index contributed by atoms with van der Waals surface area (Å²) in [5, 5.41) is 10.6. The normalized spacial score (nSPS) is 16.0. The van der Waals surface area contributed by atoms with Gasteiger partial charge < -0.3 is 19.1 Å². The second-order valence-corrected chi connectivity index (χ2v) is 5.95. The zero-order chi connectivity index (χ0) is 19.6. The van der Waals surface area contributed by atoms with Crippen LogP contribution in [0.4, 0.5) is 10.5 Å². The number of likely N-dealkylation sites (tertiary alicyclic amines) is 1. The topological polar surface area (TPSA) is 108 Å². The molecule has 146 valence electrons. The van der Waals surface area contributed by atoms with E-state index in [1.807, 2.05) is 0 Å². The van der Waals surface area contributed by atoms with Crippen molar-refractivity contribution in [2.24, 2.45) is 0 Å². The van der Waals surface area contributed by atoms with Crippen molar-refractivity contribution >= 4 is 17.7 Å². The minimum atomic E-state index is -0.488. The van der Waals surface area contributed by atoms with Gasteiger partial charge in [0.25, 0.3) is 5.69 Å². The SMILES string of the molecule is C=CCOC(=O)COCC1CCCN1C(=O)OCc1ccc([N+](=O)[O-])cc1. The summed E-state index contributed by atoms with van der Waals surface area (Å²) in [6, 6.07) is 5.65. The smallest absolute Gasteiger partial charge is 0.410 e. The van der Waals surface area contributed by atoms with Gasteiger partial charge in [0.05, 0.1) is 17.6 Å². The van der Waals surface area contributed by atoms with Crippen LogP contribution in [0.5, 0.6) is 0 Å². The van der Waals surface area contributed by atoms with E-state index in [0.717, 1.165) is 12.8 Å². The maximum Gasteiger partial charge on any atom is 0.410 e. The average molecular weight is 378 g/mol. The molecule has 1 aromatic carbocycles. The highest BCUT2D eigenvalue weighted by atomic mass is 16.6. The fraction of sp³-hybridized carbons (Fsp3) is 0.444. The van der Waals surface area contributed by atoms with Crippen molar-refractivity contribution in [3.63, 3.8) is 0 Å². The van der Waals surface area contributed by atoms with Gasteiger partial charge in [-0.2, -0.15) is 0 Å². The Kier molecular flexibility index (Phi) is 7.75. The van der Waals surface area contributed by atoms with Crippen molar-refractivity contribution < 1.29 is 28.7 Å². The van der Waals surface area contributed by atoms with Crippen LogP contribution in [-0.4, -0.2) is 54.3 Å². The molecule has 0 bridgehead atoms. The lowest BCUT2D eigenvalue weighted by Gasteiger charge is -2.23. The Bertz CT molecular complexity index is 675. The highest BCUT2D eigenvalue weighted by molar-refractivity contribution is 5.70. The zero-order valence-electron chi connectivity index (χ0n) is 14.9. The molecule has 1 unspecified atom stereocenters. The first-order valence-electron chi connectivity index (χ1n) is 8.52. The van der Waals surface area contributed by atoms with Crippen molar-refractivity contribution in [1.29, 1.82) is 0 Å². The third kappa shape index (κ3) is 6.37. The van der Waals surface area contributed by atoms with Gasteiger partial charge in [0.2, 0.25) is 0 Å². The van der Waals surface area contributed by atoms with Crippen molar-refractivity contribution in [1.82, 2.24) is 4.90 Å². The van der Waals surface area contributed by atoms with Crippen molar-refractivity contribution in [2.75, 3.05) is 26.4 Å². The molecule has 1 heterocycles. The zero-order valence-corrected chi connectivity index (χ0v) is 14.9. The quantitative estimate of drug-likeness (QED) is 0.281. The van der Waals surface area contributed by atoms with Crippen LogP contribution in [0.3, 0.4) is 0 Å². The number of non-ortho nitro benzene ring substituents is 1. The predicted octanol–water partition coefficient (Wildman–Crippen LogP) is 2.44. The lowest BCUT2D eigenvalue weighted by atomic mass is 10.2. The third-order valence-corrected chi connectivity index (χ3v) is 4.01. The van der Waals surface area contributed by atoms with Crippen LogP contribution >= 0.6 is 0 Å². The Morgan fingerprint density at radius 1 is 1.30 bits per heavy atom. The van der Waals surface area contributed by atoms with Crippen LogP contribution in [0.15, 0.2) is 36.9 Å². The first kappa shape index (κ1) is 20.4. The van der Waals surface area contributed by atoms with Crippen molar-refractivity contribution in [2.45, 2.75) is 25.5 Å². The van der Waals surface area contributed by atoms with Crippen LogP contribution in [0, 0.1) is 10.1 Å². The molecule has 1 amide bonds. The number of amides is 1. The Morgan fingerprint density at radius 2 is 2.04 bits per heavy atom. The third-order valence-electron chi connectivity index (χ3n) is 4.01. The van der Waals surface area contributed by atoms with E-state index in [2.05, 4.69) is 6.58 Å². The highest BCUT2D eigenvalue weighted by Gasteiger charge is 2.30. The van der Waals surface area contributed by atoms with Crippen LogP contribution in [0.25, 0.3) is 0 Å². The molecule has 1 aliphatic rings. The van der Waals surface area contributed by atoms with Gasteiger partial charge in [-0.3, -0.25) is 10.1 Å². The van der Waals surface area contributed by atoms with Crippen LogP contribution < -0.4 is 0 Å². The predicted molar refractivity (Wildman–Crippen MR) is 95.0 cm³/mol. The van der Waals surface area contributed by atoms with Gasteiger partial charge in [0.15, 0.2) is 0 Å². The first-order valence-corrected chi connectivity index (χ1v) is 8.52. The number of ether oxygens (including phenoxy) is 3. The Hall–Kier alpha value is -2.94. The van der Waals surface area contributed by atoms with E-state index in [9.17, 15) is 19.7 Å². The second kappa shape index (κ2) is 10.3. The molecule has 1 atom stereocenters. The number of carbonyl (C=O) groups is 2. The molecule has 9 nitrogen and oxygen atoms in total. The number of benzene rings is 1. The standard InChI is InChI=1S/C18H22N2O7/c1-2-10-26-17(21)13-25-12-16-4-3-9-19(16)18(22)27-11-14-5-7-15(8-6-14)20(23)24/h2,5-8,16H,1,3-4,9-13H2. The molecule has 2 rings (SSSR count). The molecule has 1 aromatic rings. The highest BCUT2D eigenvalue weighted by Crippen LogP contribution is 2.19. The van der Waals surface area contributed by atoms with E-state index in [1.54, 1.807) is 17.0 Å². The van der Waals surface area contributed by atoms with Crippen molar-refractivity contribution in [3.05, 3.63) is 52.6 Å². The van der Waals surface area contributed by atoms with Crippen LogP contribution in [0.1, 0.15) is 18.4 Å². The molecular formula is C18H22N2O7. The number of hydrogen-bond donors (Lipinski definition) is 0. The summed E-state index contributed by atoms with van der Waals surface area (Å²) in [7, 11) is 0. The maximum absolute atomic E-state index is 12.3. The molecule has 27 heavy (non-hydrogen) atoms. The van der Waals surface area contributed by atoms with Gasteiger partial charge in [-0.1, -0.05) is 12.7 Å². The molecule has 0 aliphatic carbocycles. The van der Waals surface area contributed by atoms with E-state index >= 15 is 0 Å². The summed E-state index contributed by atoms with van der Waals surface area (Å²) in [6.45, 7) is 4.19. The summed E-state index contributed by atoms with van der Waals surface area (Å²) in [6.07, 6.45) is 2.57. The monoisotopic (exact) mass is 378 g/mol. The fourth-order valence-electron chi connectivity index (χ4n) is 2.66. The Labute approximate surface area is 156 Å². The maximum atomic E-state index is 12.3. The summed E-state index contributed by atoms with van der Waals surface area (Å²) in [4.78, 5) is 35.4. The number of hydrogen-bond acceptors (Lipinski definition) is 7. The molecule has 0 N–H and O–H groups in total. The molecule has 0 saturated carbocycles. The number of nitro groups is 1. The molecule has 1 fully saturated rings. The Morgan fingerprint density at radius 3 is 2.70 bits per heavy atom. The van der Waals surface area contributed by atoms with E-state index in [-0.39, 0.29) is 38.2 Å². The number of carbonyl (C=O) groups excluding carboxylic acids is 2. The van der Waals surface area contributed by atoms with E-state index < -0.39 is 17.0 Å². The summed E-state index contributed by atoms with van der Waals surface area (Å²) in [5.74, 6) is -0.486. The Balaban J connectivity index is 1.76. The van der Waals surface area contributed by atoms with E-state index in [0.29, 0.717) is 12.1 Å². The molecule has 0 radical (unpaired) electrons. The number of nitrogens with zero attached hydrogens (tertiary/aromatic N) is 2. The van der Waals surface area contributed by atoms with Gasteiger partial charge in [-0.25, -0.2) is 9.59 Å². The lowest BCUT2D eigenvalue weighted by molar-refractivity contribution is -0.384. The molecule has 1 aliphatic heterocycles. The summed E-state index contributed by atoms with van der Waals surface area (Å²) in [5.41, 5.74) is 0.638. The molecule has 1 saturated heterocycles. The minimum Gasteiger partial charge on any atom is -0.460 e. The fourth-order valence-corrected chi connectivity index (χ4v) is 2.66. The summed E-state index contributed by atoms with van der Waals surface area (Å²) >= 11 is 0. The van der Waals surface area contributed by atoms with Crippen LogP contribution in [-0.2, 0) is 25.6 Å². The minimum absolute atomic E-state index is 0.0200. The first-order chi connectivity index (χ1) is 13.0. The van der Waals surface area contributed by atoms with Crippen LogP contribution in [0.2, 0.25) is 0 Å². The van der Waals surface area contributed by atoms with E-state index in [1.165, 1.54) is 18.2 Å². The molecule has 9 heteroatoms. The average Bonchev–Trinajstić information content (AvgIpc) is 3.13. The van der Waals surface area contributed by atoms with Gasteiger partial charge in [0, 0.05) is 18.7 Å². The van der Waals surface area contributed by atoms with Gasteiger partial charge >= 0.3 is 12.1 Å². The number of esters is 1. The lowest BCUT2D eigenvalue weighted by Crippen LogP contribution is -2.39. The van der Waals surface area contributed by atoms with Gasteiger partial charge in [-0.05, 0) is 30.5 Å². The van der Waals surface area contributed by atoms with Crippen molar-refractivity contribution in [3.8, 4) is 0 Å².